The van der Waals surface area contributed by atoms with Crippen molar-refractivity contribution >= 4 is 27.4 Å². The van der Waals surface area contributed by atoms with Gasteiger partial charge in [0.25, 0.3) is 0 Å². The van der Waals surface area contributed by atoms with Gasteiger partial charge in [0, 0.05) is 30.3 Å². The van der Waals surface area contributed by atoms with E-state index in [2.05, 4.69) is 11.4 Å². The summed E-state index contributed by atoms with van der Waals surface area (Å²) >= 11 is 0. The Balaban J connectivity index is 1.62. The molecule has 3 rings (SSSR count). The number of benzene rings is 2. The highest BCUT2D eigenvalue weighted by Gasteiger charge is 2.32. The number of ketones is 1. The van der Waals surface area contributed by atoms with Crippen LogP contribution in [0.1, 0.15) is 49.5 Å². The quantitative estimate of drug-likeness (QED) is 0.671. The van der Waals surface area contributed by atoms with E-state index in [9.17, 15) is 23.3 Å². The number of rotatable bonds is 6. The first-order valence-electron chi connectivity index (χ1n) is 10.5. The van der Waals surface area contributed by atoms with E-state index in [0.29, 0.717) is 24.1 Å². The molecule has 8 heteroatoms. The zero-order chi connectivity index (χ0) is 23.5. The van der Waals surface area contributed by atoms with E-state index in [-0.39, 0.29) is 35.6 Å². The molecule has 0 atom stereocenters. The molecule has 1 saturated heterocycles. The van der Waals surface area contributed by atoms with Crippen molar-refractivity contribution in [2.75, 3.05) is 18.4 Å². The summed E-state index contributed by atoms with van der Waals surface area (Å²) in [6, 6.07) is 15.5. The van der Waals surface area contributed by atoms with Crippen molar-refractivity contribution < 1.29 is 18.0 Å². The lowest BCUT2D eigenvalue weighted by Crippen LogP contribution is -2.41. The van der Waals surface area contributed by atoms with Crippen LogP contribution in [0.3, 0.4) is 0 Å². The zero-order valence-electron chi connectivity index (χ0n) is 18.5. The van der Waals surface area contributed by atoms with Gasteiger partial charge in [-0.15, -0.1) is 0 Å². The summed E-state index contributed by atoms with van der Waals surface area (Å²) in [5.74, 6) is -0.630. The van der Waals surface area contributed by atoms with Crippen molar-refractivity contribution in [3.8, 4) is 6.07 Å². The van der Waals surface area contributed by atoms with Crippen LogP contribution >= 0.6 is 0 Å². The number of carbonyl (C=O) groups is 2. The van der Waals surface area contributed by atoms with E-state index in [4.69, 9.17) is 0 Å². The molecule has 0 aliphatic carbocycles. The van der Waals surface area contributed by atoms with Gasteiger partial charge in [-0.25, -0.2) is 8.42 Å². The molecule has 0 aromatic heterocycles. The Kier molecular flexibility index (Phi) is 6.82. The summed E-state index contributed by atoms with van der Waals surface area (Å²) in [6.07, 6.45) is 0.827. The molecule has 1 heterocycles. The third-order valence-electron chi connectivity index (χ3n) is 5.86. The van der Waals surface area contributed by atoms with Gasteiger partial charge in [-0.1, -0.05) is 24.3 Å². The first-order valence-corrected chi connectivity index (χ1v) is 11.9. The van der Waals surface area contributed by atoms with E-state index >= 15 is 0 Å². The van der Waals surface area contributed by atoms with Crippen LogP contribution in [0.15, 0.2) is 53.4 Å². The number of carbonyl (C=O) groups excluding carboxylic acids is 2. The van der Waals surface area contributed by atoms with Gasteiger partial charge in [0.1, 0.15) is 0 Å². The van der Waals surface area contributed by atoms with Crippen molar-refractivity contribution in [1.82, 2.24) is 4.31 Å². The average molecular weight is 454 g/mol. The maximum atomic E-state index is 13.0. The first kappa shape index (κ1) is 23.6. The van der Waals surface area contributed by atoms with Gasteiger partial charge in [-0.2, -0.15) is 9.57 Å². The molecule has 168 valence electrons. The number of amides is 1. The number of Topliss-reactive ketones (excluding diaryl/α,β-unsaturated/α-hetero) is 1. The summed E-state index contributed by atoms with van der Waals surface area (Å²) in [7, 11) is -3.72. The van der Waals surface area contributed by atoms with E-state index in [1.165, 1.54) is 23.4 Å². The second-order valence-corrected chi connectivity index (χ2v) is 10.5. The van der Waals surface area contributed by atoms with Crippen LogP contribution in [0.5, 0.6) is 0 Å². The van der Waals surface area contributed by atoms with Gasteiger partial charge in [0.15, 0.2) is 5.78 Å². The van der Waals surface area contributed by atoms with Crippen LogP contribution in [-0.4, -0.2) is 37.5 Å². The molecule has 1 aliphatic rings. The van der Waals surface area contributed by atoms with Crippen LogP contribution in [0.25, 0.3) is 0 Å². The lowest BCUT2D eigenvalue weighted by molar-refractivity contribution is -0.120. The Hall–Kier alpha value is -3.02. The molecule has 0 radical (unpaired) electrons. The van der Waals surface area contributed by atoms with Gasteiger partial charge in [-0.3, -0.25) is 9.59 Å². The fourth-order valence-electron chi connectivity index (χ4n) is 3.66. The van der Waals surface area contributed by atoms with Crippen molar-refractivity contribution in [3.63, 3.8) is 0 Å². The van der Waals surface area contributed by atoms with Crippen LogP contribution in [-0.2, 0) is 20.2 Å². The lowest BCUT2D eigenvalue weighted by atomic mass is 9.86. The van der Waals surface area contributed by atoms with Crippen LogP contribution in [0.2, 0.25) is 0 Å². The zero-order valence-corrected chi connectivity index (χ0v) is 19.3. The van der Waals surface area contributed by atoms with Gasteiger partial charge in [-0.05, 0) is 63.4 Å². The van der Waals surface area contributed by atoms with E-state index in [1.807, 2.05) is 26.0 Å². The van der Waals surface area contributed by atoms with Crippen LogP contribution in [0.4, 0.5) is 5.69 Å². The van der Waals surface area contributed by atoms with Gasteiger partial charge in [0.2, 0.25) is 15.9 Å². The SMILES string of the molecule is CC(=O)c1cccc(S(=O)(=O)N2CCC(C(=O)Nc3ccc(C(C)(C)C#N)cc3)CC2)c1. The largest absolute Gasteiger partial charge is 0.326 e. The Bertz CT molecular complexity index is 1160. The maximum absolute atomic E-state index is 13.0. The van der Waals surface area contributed by atoms with Gasteiger partial charge < -0.3 is 5.32 Å². The molecule has 2 aromatic carbocycles. The number of hydrogen-bond acceptors (Lipinski definition) is 5. The molecule has 0 spiro atoms. The third kappa shape index (κ3) is 5.06. The normalized spacial score (nSPS) is 15.7. The molecule has 0 bridgehead atoms. The van der Waals surface area contributed by atoms with Crippen molar-refractivity contribution in [3.05, 3.63) is 59.7 Å². The second-order valence-electron chi connectivity index (χ2n) is 8.57. The smallest absolute Gasteiger partial charge is 0.243 e. The van der Waals surface area contributed by atoms with Crippen LogP contribution in [0, 0.1) is 17.2 Å². The number of nitrogens with zero attached hydrogens (tertiary/aromatic N) is 2. The molecule has 1 fully saturated rings. The Labute approximate surface area is 189 Å². The van der Waals surface area contributed by atoms with E-state index in [0.717, 1.165) is 5.56 Å². The summed E-state index contributed by atoms with van der Waals surface area (Å²) in [5, 5.41) is 12.1. The Morgan fingerprint density at radius 1 is 1.09 bits per heavy atom. The van der Waals surface area contributed by atoms with Crippen molar-refractivity contribution in [2.24, 2.45) is 5.92 Å². The van der Waals surface area contributed by atoms with Crippen LogP contribution < -0.4 is 5.32 Å². The topological polar surface area (TPSA) is 107 Å². The molecule has 7 nitrogen and oxygen atoms in total. The number of piperidine rings is 1. The second kappa shape index (κ2) is 9.23. The monoisotopic (exact) mass is 453 g/mol. The lowest BCUT2D eigenvalue weighted by Gasteiger charge is -2.30. The summed E-state index contributed by atoms with van der Waals surface area (Å²) in [4.78, 5) is 24.4. The van der Waals surface area contributed by atoms with Gasteiger partial charge >= 0.3 is 0 Å². The Morgan fingerprint density at radius 2 is 1.72 bits per heavy atom. The van der Waals surface area contributed by atoms with Crippen molar-refractivity contribution in [1.29, 1.82) is 5.26 Å². The highest BCUT2D eigenvalue weighted by molar-refractivity contribution is 7.89. The van der Waals surface area contributed by atoms with Gasteiger partial charge in [0.05, 0.1) is 16.4 Å². The summed E-state index contributed by atoms with van der Waals surface area (Å²) in [5.41, 5.74) is 1.25. The molecule has 0 saturated carbocycles. The minimum Gasteiger partial charge on any atom is -0.326 e. The number of sulfonamides is 1. The number of nitriles is 1. The minimum absolute atomic E-state index is 0.0912. The molecular weight excluding hydrogens is 426 g/mol. The number of anilines is 1. The summed E-state index contributed by atoms with van der Waals surface area (Å²) < 4.78 is 27.3. The van der Waals surface area contributed by atoms with E-state index in [1.54, 1.807) is 24.3 Å². The standard InChI is InChI=1S/C24H27N3O4S/c1-17(28)19-5-4-6-22(15-19)32(30,31)27-13-11-18(12-14-27)23(29)26-21-9-7-20(8-10-21)24(2,3)16-25/h4-10,15,18H,11-14H2,1-3H3,(H,26,29). The highest BCUT2D eigenvalue weighted by Crippen LogP contribution is 2.27. The molecular formula is C24H27N3O4S. The molecule has 1 aliphatic heterocycles. The molecule has 2 aromatic rings. The summed E-state index contributed by atoms with van der Waals surface area (Å²) in [6.45, 7) is 5.53. The third-order valence-corrected chi connectivity index (χ3v) is 7.75. The Morgan fingerprint density at radius 3 is 2.28 bits per heavy atom. The molecule has 1 amide bonds. The molecule has 0 unspecified atom stereocenters. The van der Waals surface area contributed by atoms with Crippen molar-refractivity contribution in [2.45, 2.75) is 43.9 Å². The fraction of sp³-hybridized carbons (Fsp3) is 0.375. The minimum atomic E-state index is -3.72. The fourth-order valence-corrected chi connectivity index (χ4v) is 5.18. The highest BCUT2D eigenvalue weighted by atomic mass is 32.2. The molecule has 1 N–H and O–H groups in total. The predicted octanol–water partition coefficient (Wildman–Crippen LogP) is 3.73. The maximum Gasteiger partial charge on any atom is 0.243 e. The number of nitrogens with one attached hydrogen (secondary N) is 1. The number of hydrogen-bond donors (Lipinski definition) is 1. The molecule has 32 heavy (non-hydrogen) atoms. The first-order chi connectivity index (χ1) is 15.0. The van der Waals surface area contributed by atoms with E-state index < -0.39 is 15.4 Å². The average Bonchev–Trinajstić information content (AvgIpc) is 2.79. The predicted molar refractivity (Wildman–Crippen MR) is 122 cm³/mol.